The van der Waals surface area contributed by atoms with Gasteiger partial charge in [0.05, 0.1) is 4.88 Å². The van der Waals surface area contributed by atoms with E-state index in [9.17, 15) is 9.59 Å². The van der Waals surface area contributed by atoms with Crippen molar-refractivity contribution in [2.24, 2.45) is 11.8 Å². The quantitative estimate of drug-likeness (QED) is 0.834. The normalized spacial score (nSPS) is 19.7. The molecule has 0 bridgehead atoms. The molecule has 0 aliphatic carbocycles. The van der Waals surface area contributed by atoms with Crippen molar-refractivity contribution >= 4 is 23.2 Å². The first-order valence-corrected chi connectivity index (χ1v) is 9.18. The molecule has 23 heavy (non-hydrogen) atoms. The van der Waals surface area contributed by atoms with Crippen LogP contribution in [0.4, 0.5) is 0 Å². The molecule has 2 unspecified atom stereocenters. The number of thiophene rings is 1. The number of piperidine rings is 1. The van der Waals surface area contributed by atoms with Crippen molar-refractivity contribution in [3.05, 3.63) is 22.4 Å². The fourth-order valence-corrected chi connectivity index (χ4v) is 3.68. The van der Waals surface area contributed by atoms with Crippen molar-refractivity contribution < 1.29 is 9.59 Å². The van der Waals surface area contributed by atoms with E-state index >= 15 is 0 Å². The van der Waals surface area contributed by atoms with Gasteiger partial charge in [0.2, 0.25) is 5.91 Å². The second-order valence-electron chi connectivity index (χ2n) is 6.52. The third-order valence-electron chi connectivity index (χ3n) is 4.29. The Kier molecular flexibility index (Phi) is 6.59. The molecule has 1 aromatic heterocycles. The molecule has 1 aliphatic heterocycles. The maximum atomic E-state index is 12.9. The Bertz CT molecular complexity index is 514. The van der Waals surface area contributed by atoms with Crippen LogP contribution in [-0.4, -0.2) is 49.4 Å². The molecule has 0 radical (unpaired) electrons. The van der Waals surface area contributed by atoms with Gasteiger partial charge in [0.1, 0.15) is 6.04 Å². The van der Waals surface area contributed by atoms with Crippen LogP contribution >= 0.6 is 11.3 Å². The van der Waals surface area contributed by atoms with E-state index in [1.807, 2.05) is 37.2 Å². The molecule has 0 aromatic carbocycles. The lowest BCUT2D eigenvalue weighted by molar-refractivity contribution is -0.136. The Balaban J connectivity index is 2.01. The van der Waals surface area contributed by atoms with Crippen LogP contribution in [0.2, 0.25) is 0 Å². The summed E-state index contributed by atoms with van der Waals surface area (Å²) in [6, 6.07) is 3.17. The number of carbonyl (C=O) groups is 2. The highest BCUT2D eigenvalue weighted by atomic mass is 32.1. The zero-order valence-corrected chi connectivity index (χ0v) is 15.0. The number of hydrogen-bond donors (Lipinski definition) is 2. The van der Waals surface area contributed by atoms with E-state index in [0.29, 0.717) is 10.8 Å². The molecule has 2 N–H and O–H groups in total. The molecule has 0 saturated carbocycles. The lowest BCUT2D eigenvalue weighted by Crippen LogP contribution is -2.54. The molecule has 1 aromatic rings. The highest BCUT2D eigenvalue weighted by Crippen LogP contribution is 2.19. The number of rotatable bonds is 6. The van der Waals surface area contributed by atoms with Crippen molar-refractivity contribution in [1.29, 1.82) is 0 Å². The molecule has 128 valence electrons. The molecule has 6 heteroatoms. The molecule has 2 amide bonds. The van der Waals surface area contributed by atoms with Crippen LogP contribution < -0.4 is 10.6 Å². The highest BCUT2D eigenvalue weighted by Gasteiger charge is 2.31. The Morgan fingerprint density at radius 3 is 2.83 bits per heavy atom. The molecule has 2 rings (SSSR count). The van der Waals surface area contributed by atoms with Crippen LogP contribution in [0.3, 0.4) is 0 Å². The molecular formula is C17H27N3O2S. The van der Waals surface area contributed by atoms with Gasteiger partial charge in [-0.3, -0.25) is 9.59 Å². The van der Waals surface area contributed by atoms with E-state index in [2.05, 4.69) is 10.6 Å². The molecule has 2 atom stereocenters. The first kappa shape index (κ1) is 17.9. The summed E-state index contributed by atoms with van der Waals surface area (Å²) >= 11 is 1.39. The number of nitrogens with zero attached hydrogens (tertiary/aromatic N) is 1. The van der Waals surface area contributed by atoms with Crippen LogP contribution in [0.25, 0.3) is 0 Å². The largest absolute Gasteiger partial charge is 0.341 e. The third kappa shape index (κ3) is 4.78. The highest BCUT2D eigenvalue weighted by molar-refractivity contribution is 7.12. The first-order valence-electron chi connectivity index (χ1n) is 8.30. The van der Waals surface area contributed by atoms with Gasteiger partial charge in [-0.15, -0.1) is 11.3 Å². The summed E-state index contributed by atoms with van der Waals surface area (Å²) < 4.78 is 0. The lowest BCUT2D eigenvalue weighted by atomic mass is 9.95. The smallest absolute Gasteiger partial charge is 0.262 e. The monoisotopic (exact) mass is 337 g/mol. The van der Waals surface area contributed by atoms with Crippen LogP contribution in [0.1, 0.15) is 36.4 Å². The number of amides is 2. The molecular weight excluding hydrogens is 310 g/mol. The number of carbonyl (C=O) groups excluding carboxylic acids is 2. The van der Waals surface area contributed by atoms with E-state index in [-0.39, 0.29) is 17.7 Å². The molecule has 1 aliphatic rings. The van der Waals surface area contributed by atoms with E-state index in [1.54, 1.807) is 6.07 Å². The molecule has 1 saturated heterocycles. The van der Waals surface area contributed by atoms with Gasteiger partial charge in [-0.05, 0) is 49.7 Å². The average Bonchev–Trinajstić information content (AvgIpc) is 3.06. The maximum absolute atomic E-state index is 12.9. The van der Waals surface area contributed by atoms with E-state index < -0.39 is 6.04 Å². The van der Waals surface area contributed by atoms with Crippen LogP contribution in [0.15, 0.2) is 17.5 Å². The number of likely N-dealkylation sites (tertiary alicyclic amines) is 1. The van der Waals surface area contributed by atoms with Crippen LogP contribution in [-0.2, 0) is 4.79 Å². The Labute approximate surface area is 142 Å². The Morgan fingerprint density at radius 1 is 1.43 bits per heavy atom. The fraction of sp³-hybridized carbons (Fsp3) is 0.647. The summed E-state index contributed by atoms with van der Waals surface area (Å²) in [7, 11) is 1.94. The predicted octanol–water partition coefficient (Wildman–Crippen LogP) is 1.96. The van der Waals surface area contributed by atoms with Crippen molar-refractivity contribution in [2.75, 3.05) is 26.7 Å². The zero-order valence-electron chi connectivity index (χ0n) is 14.2. The van der Waals surface area contributed by atoms with Crippen LogP contribution in [0, 0.1) is 11.8 Å². The summed E-state index contributed by atoms with van der Waals surface area (Å²) in [6.45, 7) is 6.45. The van der Waals surface area contributed by atoms with Crippen LogP contribution in [0.5, 0.6) is 0 Å². The van der Waals surface area contributed by atoms with E-state index in [4.69, 9.17) is 0 Å². The van der Waals surface area contributed by atoms with Gasteiger partial charge in [0.25, 0.3) is 5.91 Å². The maximum Gasteiger partial charge on any atom is 0.262 e. The van der Waals surface area contributed by atoms with Crippen molar-refractivity contribution in [3.8, 4) is 0 Å². The SMILES string of the molecule is CNCC1CCCN(C(=O)C(NC(=O)c2cccs2)C(C)C)C1. The van der Waals surface area contributed by atoms with Crippen molar-refractivity contribution in [1.82, 2.24) is 15.5 Å². The molecule has 5 nitrogen and oxygen atoms in total. The van der Waals surface area contributed by atoms with Crippen molar-refractivity contribution in [3.63, 3.8) is 0 Å². The number of hydrogen-bond acceptors (Lipinski definition) is 4. The summed E-state index contributed by atoms with van der Waals surface area (Å²) in [5.74, 6) is 0.455. The topological polar surface area (TPSA) is 61.4 Å². The Morgan fingerprint density at radius 2 is 2.22 bits per heavy atom. The second kappa shape index (κ2) is 8.45. The van der Waals surface area contributed by atoms with Crippen molar-refractivity contribution in [2.45, 2.75) is 32.7 Å². The second-order valence-corrected chi connectivity index (χ2v) is 7.47. The van der Waals surface area contributed by atoms with Gasteiger partial charge in [-0.25, -0.2) is 0 Å². The van der Waals surface area contributed by atoms with Gasteiger partial charge in [-0.2, -0.15) is 0 Å². The van der Waals surface area contributed by atoms with E-state index in [0.717, 1.165) is 32.5 Å². The van der Waals surface area contributed by atoms with Gasteiger partial charge in [-0.1, -0.05) is 19.9 Å². The van der Waals surface area contributed by atoms with Gasteiger partial charge < -0.3 is 15.5 Å². The van der Waals surface area contributed by atoms with Gasteiger partial charge >= 0.3 is 0 Å². The first-order chi connectivity index (χ1) is 11.0. The molecule has 2 heterocycles. The summed E-state index contributed by atoms with van der Waals surface area (Å²) in [5, 5.41) is 7.99. The van der Waals surface area contributed by atoms with E-state index in [1.165, 1.54) is 11.3 Å². The lowest BCUT2D eigenvalue weighted by Gasteiger charge is -2.36. The zero-order chi connectivity index (χ0) is 16.8. The predicted molar refractivity (Wildman–Crippen MR) is 93.6 cm³/mol. The summed E-state index contributed by atoms with van der Waals surface area (Å²) in [5.41, 5.74) is 0. The van der Waals surface area contributed by atoms with Gasteiger partial charge in [0.15, 0.2) is 0 Å². The minimum Gasteiger partial charge on any atom is -0.341 e. The standard InChI is InChI=1S/C17H27N3O2S/c1-12(2)15(19-16(21)14-7-5-9-23-14)17(22)20-8-4-6-13(11-20)10-18-3/h5,7,9,12-13,15,18H,4,6,8,10-11H2,1-3H3,(H,19,21). The Hall–Kier alpha value is -1.40. The minimum absolute atomic E-state index is 0.0470. The summed E-state index contributed by atoms with van der Waals surface area (Å²) in [6.07, 6.45) is 2.18. The minimum atomic E-state index is -0.460. The number of nitrogens with one attached hydrogen (secondary N) is 2. The average molecular weight is 337 g/mol. The van der Waals surface area contributed by atoms with Gasteiger partial charge in [0, 0.05) is 13.1 Å². The summed E-state index contributed by atoms with van der Waals surface area (Å²) in [4.78, 5) is 27.8. The third-order valence-corrected chi connectivity index (χ3v) is 5.16. The fourth-order valence-electron chi connectivity index (χ4n) is 3.05. The molecule has 0 spiro atoms. The molecule has 1 fully saturated rings.